The summed E-state index contributed by atoms with van der Waals surface area (Å²) in [5, 5.41) is 0. The van der Waals surface area contributed by atoms with E-state index in [1.807, 2.05) is 0 Å². The smallest absolute Gasteiger partial charge is 0.344 e. The van der Waals surface area contributed by atoms with Crippen molar-refractivity contribution in [2.45, 2.75) is 31.5 Å². The van der Waals surface area contributed by atoms with E-state index in [4.69, 9.17) is 4.74 Å². The van der Waals surface area contributed by atoms with E-state index in [-0.39, 0.29) is 12.0 Å². The number of fused-ring (bicyclic) bond motifs is 1. The van der Waals surface area contributed by atoms with Crippen LogP contribution in [0.25, 0.3) is 0 Å². The zero-order valence-corrected chi connectivity index (χ0v) is 6.92. The minimum absolute atomic E-state index is 0.110. The predicted molar refractivity (Wildman–Crippen MR) is 39.1 cm³/mol. The van der Waals surface area contributed by atoms with Crippen molar-refractivity contribution in [2.24, 2.45) is 17.8 Å². The highest BCUT2D eigenvalue weighted by Crippen LogP contribution is 2.60. The average Bonchev–Trinajstić information content (AvgIpc) is 2.53. The number of carbonyl (C=O) groups excluding carboxylic acids is 1. The standard InChI is InChI=1S/C9H11FO2/c1-4-5-2-6-7(4)12-8(11)9(6,10)3-5/h4-7H,2-3H2,1H3. The molecule has 0 aromatic heterocycles. The van der Waals surface area contributed by atoms with E-state index in [2.05, 4.69) is 6.92 Å². The molecule has 2 aliphatic carbocycles. The van der Waals surface area contributed by atoms with E-state index < -0.39 is 11.6 Å². The Morgan fingerprint density at radius 1 is 1.67 bits per heavy atom. The second-order valence-corrected chi connectivity index (χ2v) is 4.40. The Morgan fingerprint density at radius 2 is 2.42 bits per heavy atom. The molecule has 66 valence electrons. The average molecular weight is 170 g/mol. The maximum absolute atomic E-state index is 13.9. The van der Waals surface area contributed by atoms with Gasteiger partial charge < -0.3 is 4.74 Å². The van der Waals surface area contributed by atoms with Crippen molar-refractivity contribution in [1.29, 1.82) is 0 Å². The van der Waals surface area contributed by atoms with Crippen LogP contribution in [0.2, 0.25) is 0 Å². The van der Waals surface area contributed by atoms with Crippen LogP contribution in [0, 0.1) is 17.8 Å². The lowest BCUT2D eigenvalue weighted by molar-refractivity contribution is -0.149. The number of alkyl halides is 1. The highest BCUT2D eigenvalue weighted by molar-refractivity contribution is 5.83. The highest BCUT2D eigenvalue weighted by Gasteiger charge is 2.70. The minimum atomic E-state index is -1.60. The molecule has 2 saturated carbocycles. The predicted octanol–water partition coefficient (Wildman–Crippen LogP) is 1.30. The van der Waals surface area contributed by atoms with Crippen LogP contribution in [0.4, 0.5) is 4.39 Å². The van der Waals surface area contributed by atoms with Gasteiger partial charge in [-0.2, -0.15) is 0 Å². The first kappa shape index (κ1) is 6.87. The van der Waals surface area contributed by atoms with Gasteiger partial charge in [-0.15, -0.1) is 0 Å². The van der Waals surface area contributed by atoms with Gasteiger partial charge in [-0.05, 0) is 24.7 Å². The second-order valence-electron chi connectivity index (χ2n) is 4.40. The van der Waals surface area contributed by atoms with Crippen LogP contribution in [-0.4, -0.2) is 17.7 Å². The lowest BCUT2D eigenvalue weighted by Gasteiger charge is -2.23. The normalized spacial score (nSPS) is 61.0. The fourth-order valence-electron chi connectivity index (χ4n) is 3.20. The van der Waals surface area contributed by atoms with Gasteiger partial charge in [-0.1, -0.05) is 6.92 Å². The molecule has 0 aromatic rings. The Balaban J connectivity index is 2.09. The Labute approximate surface area is 70.1 Å². The van der Waals surface area contributed by atoms with Crippen LogP contribution in [0.3, 0.4) is 0 Å². The van der Waals surface area contributed by atoms with Crippen molar-refractivity contribution in [3.8, 4) is 0 Å². The summed E-state index contributed by atoms with van der Waals surface area (Å²) in [7, 11) is 0. The topological polar surface area (TPSA) is 26.3 Å². The molecule has 0 amide bonds. The van der Waals surface area contributed by atoms with E-state index in [1.54, 1.807) is 0 Å². The number of hydrogen-bond donors (Lipinski definition) is 0. The molecule has 1 aliphatic heterocycles. The van der Waals surface area contributed by atoms with Gasteiger partial charge in [-0.3, -0.25) is 0 Å². The van der Waals surface area contributed by atoms with E-state index >= 15 is 0 Å². The molecule has 3 fully saturated rings. The maximum Gasteiger partial charge on any atom is 0.344 e. The number of carbonyl (C=O) groups is 1. The molecule has 2 bridgehead atoms. The summed E-state index contributed by atoms with van der Waals surface area (Å²) in [5.74, 6) is 0.0520. The zero-order chi connectivity index (χ0) is 8.51. The van der Waals surface area contributed by atoms with E-state index in [0.717, 1.165) is 6.42 Å². The molecule has 5 unspecified atom stereocenters. The van der Waals surface area contributed by atoms with Crippen molar-refractivity contribution in [3.05, 3.63) is 0 Å². The molecule has 1 heterocycles. The molecule has 3 heteroatoms. The van der Waals surface area contributed by atoms with E-state index in [9.17, 15) is 9.18 Å². The monoisotopic (exact) mass is 170 g/mol. The van der Waals surface area contributed by atoms with Crippen LogP contribution < -0.4 is 0 Å². The second kappa shape index (κ2) is 1.68. The summed E-state index contributed by atoms with van der Waals surface area (Å²) in [6.45, 7) is 2.06. The summed E-state index contributed by atoms with van der Waals surface area (Å²) in [4.78, 5) is 11.2. The van der Waals surface area contributed by atoms with Crippen molar-refractivity contribution in [1.82, 2.24) is 0 Å². The minimum Gasteiger partial charge on any atom is -0.459 e. The molecular formula is C9H11FO2. The third-order valence-corrected chi connectivity index (χ3v) is 3.94. The number of hydrogen-bond acceptors (Lipinski definition) is 2. The molecule has 0 spiro atoms. The summed E-state index contributed by atoms with van der Waals surface area (Å²) in [6.07, 6.45) is 1.16. The van der Waals surface area contributed by atoms with Gasteiger partial charge in [0.2, 0.25) is 5.67 Å². The van der Waals surface area contributed by atoms with Crippen molar-refractivity contribution < 1.29 is 13.9 Å². The Bertz CT molecular complexity index is 265. The Morgan fingerprint density at radius 3 is 3.00 bits per heavy atom. The van der Waals surface area contributed by atoms with Crippen molar-refractivity contribution >= 4 is 5.97 Å². The van der Waals surface area contributed by atoms with Gasteiger partial charge in [0.15, 0.2) is 0 Å². The molecule has 0 N–H and O–H groups in total. The maximum atomic E-state index is 13.9. The first-order chi connectivity index (χ1) is 5.63. The Kier molecular flexibility index (Phi) is 0.960. The Hall–Kier alpha value is -0.600. The van der Waals surface area contributed by atoms with Crippen LogP contribution >= 0.6 is 0 Å². The van der Waals surface area contributed by atoms with Crippen LogP contribution in [0.15, 0.2) is 0 Å². The van der Waals surface area contributed by atoms with Gasteiger partial charge in [0, 0.05) is 5.92 Å². The van der Waals surface area contributed by atoms with Crippen molar-refractivity contribution in [3.63, 3.8) is 0 Å². The molecule has 3 rings (SSSR count). The quantitative estimate of drug-likeness (QED) is 0.512. The van der Waals surface area contributed by atoms with Gasteiger partial charge in [0.05, 0.1) is 0 Å². The van der Waals surface area contributed by atoms with Gasteiger partial charge in [0.25, 0.3) is 0 Å². The largest absolute Gasteiger partial charge is 0.459 e. The molecule has 3 aliphatic rings. The fourth-order valence-corrected chi connectivity index (χ4v) is 3.20. The highest BCUT2D eigenvalue weighted by atomic mass is 19.1. The zero-order valence-electron chi connectivity index (χ0n) is 6.92. The van der Waals surface area contributed by atoms with Crippen LogP contribution in [0.1, 0.15) is 19.8 Å². The van der Waals surface area contributed by atoms with Crippen LogP contribution in [-0.2, 0) is 9.53 Å². The first-order valence-electron chi connectivity index (χ1n) is 4.53. The van der Waals surface area contributed by atoms with Crippen LogP contribution in [0.5, 0.6) is 0 Å². The number of rotatable bonds is 0. The summed E-state index contributed by atoms with van der Waals surface area (Å²) < 4.78 is 18.9. The summed E-state index contributed by atoms with van der Waals surface area (Å²) in [5.41, 5.74) is -1.60. The summed E-state index contributed by atoms with van der Waals surface area (Å²) in [6, 6.07) is 0. The fraction of sp³-hybridized carbons (Fsp3) is 0.889. The van der Waals surface area contributed by atoms with Crippen molar-refractivity contribution in [2.75, 3.05) is 0 Å². The molecule has 5 atom stereocenters. The number of ether oxygens (including phenoxy) is 1. The molecular weight excluding hydrogens is 159 g/mol. The lowest BCUT2D eigenvalue weighted by Crippen LogP contribution is -2.36. The third-order valence-electron chi connectivity index (χ3n) is 3.94. The van der Waals surface area contributed by atoms with Gasteiger partial charge in [0.1, 0.15) is 6.10 Å². The van der Waals surface area contributed by atoms with E-state index in [0.29, 0.717) is 18.3 Å². The van der Waals surface area contributed by atoms with Gasteiger partial charge in [-0.25, -0.2) is 9.18 Å². The summed E-state index contributed by atoms with van der Waals surface area (Å²) >= 11 is 0. The van der Waals surface area contributed by atoms with Gasteiger partial charge >= 0.3 is 5.97 Å². The van der Waals surface area contributed by atoms with E-state index in [1.165, 1.54) is 0 Å². The molecule has 1 saturated heterocycles. The number of esters is 1. The SMILES string of the molecule is CC1C2CC3C1OC(=O)C3(F)C2. The third kappa shape index (κ3) is 0.501. The number of halogens is 1. The molecule has 2 nitrogen and oxygen atoms in total. The lowest BCUT2D eigenvalue weighted by atomic mass is 9.81. The first-order valence-corrected chi connectivity index (χ1v) is 4.53. The molecule has 12 heavy (non-hydrogen) atoms. The molecule has 0 radical (unpaired) electrons. The molecule has 0 aromatic carbocycles.